The molecule has 2 heterocycles. The molecular formula is C17H18N4O3. The molecule has 2 aromatic heterocycles. The molecule has 0 bridgehead atoms. The van der Waals surface area contributed by atoms with E-state index in [-0.39, 0.29) is 5.91 Å². The number of fused-ring (bicyclic) bond motifs is 1. The number of carbonyl (C=O) groups excluding carboxylic acids is 2. The lowest BCUT2D eigenvalue weighted by molar-refractivity contribution is 0.0599. The van der Waals surface area contributed by atoms with Crippen LogP contribution in [0.15, 0.2) is 30.6 Å². The number of aryl methyl sites for hydroxylation is 1. The SMILES string of the molecule is CCc1[nH]c(C(=O)Nn2cnc3ccccc32)c(C)c1C(=O)OC. The molecule has 124 valence electrons. The molecule has 3 aromatic rings. The van der Waals surface area contributed by atoms with E-state index in [0.717, 1.165) is 11.0 Å². The maximum Gasteiger partial charge on any atom is 0.339 e. The lowest BCUT2D eigenvalue weighted by Crippen LogP contribution is -2.23. The van der Waals surface area contributed by atoms with E-state index in [9.17, 15) is 9.59 Å². The monoisotopic (exact) mass is 326 g/mol. The second-order valence-electron chi connectivity index (χ2n) is 5.37. The Morgan fingerprint density at radius 2 is 2.08 bits per heavy atom. The fourth-order valence-corrected chi connectivity index (χ4v) is 2.74. The lowest BCUT2D eigenvalue weighted by atomic mass is 10.1. The second-order valence-corrected chi connectivity index (χ2v) is 5.37. The van der Waals surface area contributed by atoms with Crippen molar-refractivity contribution in [2.24, 2.45) is 0 Å². The number of ether oxygens (including phenoxy) is 1. The number of para-hydroxylation sites is 2. The topological polar surface area (TPSA) is 89.0 Å². The number of carbonyl (C=O) groups is 2. The third kappa shape index (κ3) is 2.54. The van der Waals surface area contributed by atoms with Gasteiger partial charge in [-0.15, -0.1) is 0 Å². The molecule has 2 N–H and O–H groups in total. The lowest BCUT2D eigenvalue weighted by Gasteiger charge is -2.06. The van der Waals surface area contributed by atoms with E-state index < -0.39 is 5.97 Å². The maximum absolute atomic E-state index is 12.6. The molecule has 0 radical (unpaired) electrons. The quantitative estimate of drug-likeness (QED) is 0.721. The van der Waals surface area contributed by atoms with Crippen molar-refractivity contribution in [1.82, 2.24) is 14.6 Å². The fraction of sp³-hybridized carbons (Fsp3) is 0.235. The van der Waals surface area contributed by atoms with Crippen LogP contribution >= 0.6 is 0 Å². The van der Waals surface area contributed by atoms with Gasteiger partial charge < -0.3 is 9.72 Å². The molecule has 0 aliphatic carbocycles. The van der Waals surface area contributed by atoms with Crippen LogP contribution in [0.25, 0.3) is 11.0 Å². The van der Waals surface area contributed by atoms with E-state index in [4.69, 9.17) is 4.74 Å². The zero-order valence-corrected chi connectivity index (χ0v) is 13.7. The van der Waals surface area contributed by atoms with Gasteiger partial charge in [0, 0.05) is 5.69 Å². The van der Waals surface area contributed by atoms with Crippen LogP contribution in [0.1, 0.15) is 39.0 Å². The van der Waals surface area contributed by atoms with Gasteiger partial charge in [0.1, 0.15) is 12.0 Å². The Labute approximate surface area is 138 Å². The van der Waals surface area contributed by atoms with Crippen molar-refractivity contribution in [3.05, 3.63) is 53.1 Å². The Morgan fingerprint density at radius 3 is 2.79 bits per heavy atom. The molecule has 7 nitrogen and oxygen atoms in total. The summed E-state index contributed by atoms with van der Waals surface area (Å²) in [7, 11) is 1.32. The summed E-state index contributed by atoms with van der Waals surface area (Å²) in [5.41, 5.74) is 6.35. The van der Waals surface area contributed by atoms with Gasteiger partial charge in [-0.1, -0.05) is 19.1 Å². The molecule has 0 aliphatic rings. The number of esters is 1. The summed E-state index contributed by atoms with van der Waals surface area (Å²) in [4.78, 5) is 31.8. The van der Waals surface area contributed by atoms with Gasteiger partial charge in [-0.25, -0.2) is 14.5 Å². The number of amides is 1. The molecule has 1 amide bonds. The first-order valence-electron chi connectivity index (χ1n) is 7.60. The highest BCUT2D eigenvalue weighted by atomic mass is 16.5. The number of hydrogen-bond acceptors (Lipinski definition) is 4. The standard InChI is InChI=1S/C17H18N4O3/c1-4-11-14(17(23)24-3)10(2)15(19-11)16(22)20-21-9-18-12-7-5-6-8-13(12)21/h5-9,19H,4H2,1-3H3,(H,20,22). The first kappa shape index (κ1) is 15.8. The van der Waals surface area contributed by atoms with E-state index in [1.54, 1.807) is 17.9 Å². The minimum Gasteiger partial charge on any atom is -0.465 e. The molecule has 7 heteroatoms. The number of methoxy groups -OCH3 is 1. The van der Waals surface area contributed by atoms with Gasteiger partial charge >= 0.3 is 5.97 Å². The Kier molecular flexibility index (Phi) is 4.07. The summed E-state index contributed by atoms with van der Waals surface area (Å²) in [6, 6.07) is 7.48. The van der Waals surface area contributed by atoms with Crippen LogP contribution in [0.2, 0.25) is 0 Å². The minimum atomic E-state index is -0.451. The molecule has 0 saturated carbocycles. The molecule has 0 saturated heterocycles. The predicted octanol–water partition coefficient (Wildman–Crippen LogP) is 2.41. The number of imidazole rings is 1. The molecule has 0 fully saturated rings. The highest BCUT2D eigenvalue weighted by molar-refractivity contribution is 6.04. The van der Waals surface area contributed by atoms with Crippen LogP contribution in [-0.2, 0) is 11.2 Å². The third-order valence-electron chi connectivity index (χ3n) is 3.97. The van der Waals surface area contributed by atoms with Crippen LogP contribution in [-0.4, -0.2) is 33.6 Å². The van der Waals surface area contributed by atoms with Gasteiger partial charge in [-0.3, -0.25) is 10.2 Å². The summed E-state index contributed by atoms with van der Waals surface area (Å²) in [5, 5.41) is 0. The van der Waals surface area contributed by atoms with Crippen molar-refractivity contribution in [2.75, 3.05) is 12.5 Å². The van der Waals surface area contributed by atoms with Crippen molar-refractivity contribution in [3.8, 4) is 0 Å². The number of aromatic amines is 1. The highest BCUT2D eigenvalue weighted by Crippen LogP contribution is 2.20. The van der Waals surface area contributed by atoms with Gasteiger partial charge in [0.05, 0.1) is 23.7 Å². The van der Waals surface area contributed by atoms with Crippen molar-refractivity contribution in [3.63, 3.8) is 0 Å². The van der Waals surface area contributed by atoms with Crippen molar-refractivity contribution >= 4 is 22.9 Å². The van der Waals surface area contributed by atoms with Crippen LogP contribution in [0.4, 0.5) is 0 Å². The fourth-order valence-electron chi connectivity index (χ4n) is 2.74. The molecule has 3 rings (SSSR count). The van der Waals surface area contributed by atoms with Crippen molar-refractivity contribution < 1.29 is 14.3 Å². The number of H-pyrrole nitrogens is 1. The summed E-state index contributed by atoms with van der Waals surface area (Å²) < 4.78 is 6.37. The van der Waals surface area contributed by atoms with Gasteiger partial charge in [0.2, 0.25) is 0 Å². The molecule has 0 unspecified atom stereocenters. The predicted molar refractivity (Wildman–Crippen MR) is 89.7 cm³/mol. The van der Waals surface area contributed by atoms with E-state index in [1.165, 1.54) is 7.11 Å². The van der Waals surface area contributed by atoms with Gasteiger partial charge in [0.25, 0.3) is 5.91 Å². The van der Waals surface area contributed by atoms with E-state index in [0.29, 0.717) is 28.9 Å². The average molecular weight is 326 g/mol. The summed E-state index contributed by atoms with van der Waals surface area (Å²) in [6.45, 7) is 3.63. The van der Waals surface area contributed by atoms with Gasteiger partial charge in [0.15, 0.2) is 0 Å². The van der Waals surface area contributed by atoms with Gasteiger partial charge in [-0.05, 0) is 31.0 Å². The zero-order chi connectivity index (χ0) is 17.3. The normalized spacial score (nSPS) is 10.8. The number of aromatic nitrogens is 3. The molecule has 0 atom stereocenters. The Hall–Kier alpha value is -3.09. The molecule has 24 heavy (non-hydrogen) atoms. The van der Waals surface area contributed by atoms with E-state index in [2.05, 4.69) is 15.4 Å². The summed E-state index contributed by atoms with van der Waals surface area (Å²) in [5.74, 6) is -0.798. The number of nitrogens with one attached hydrogen (secondary N) is 2. The number of rotatable bonds is 4. The number of benzene rings is 1. The first-order chi connectivity index (χ1) is 11.6. The Bertz CT molecular complexity index is 923. The zero-order valence-electron chi connectivity index (χ0n) is 13.7. The Morgan fingerprint density at radius 1 is 1.33 bits per heavy atom. The Balaban J connectivity index is 1.96. The first-order valence-corrected chi connectivity index (χ1v) is 7.60. The molecular weight excluding hydrogens is 308 g/mol. The molecule has 0 spiro atoms. The molecule has 1 aromatic carbocycles. The van der Waals surface area contributed by atoms with Crippen molar-refractivity contribution in [2.45, 2.75) is 20.3 Å². The van der Waals surface area contributed by atoms with E-state index in [1.807, 2.05) is 31.2 Å². The summed E-state index contributed by atoms with van der Waals surface area (Å²) >= 11 is 0. The second kappa shape index (κ2) is 6.19. The van der Waals surface area contributed by atoms with Crippen LogP contribution < -0.4 is 5.43 Å². The van der Waals surface area contributed by atoms with Crippen LogP contribution in [0.3, 0.4) is 0 Å². The van der Waals surface area contributed by atoms with Gasteiger partial charge in [-0.2, -0.15) is 0 Å². The number of hydrogen-bond donors (Lipinski definition) is 2. The van der Waals surface area contributed by atoms with Crippen LogP contribution in [0.5, 0.6) is 0 Å². The highest BCUT2D eigenvalue weighted by Gasteiger charge is 2.23. The summed E-state index contributed by atoms with van der Waals surface area (Å²) in [6.07, 6.45) is 2.13. The largest absolute Gasteiger partial charge is 0.465 e. The van der Waals surface area contributed by atoms with E-state index >= 15 is 0 Å². The van der Waals surface area contributed by atoms with Crippen LogP contribution in [0, 0.1) is 6.92 Å². The third-order valence-corrected chi connectivity index (χ3v) is 3.97. The molecule has 0 aliphatic heterocycles. The minimum absolute atomic E-state index is 0.338. The maximum atomic E-state index is 12.6. The van der Waals surface area contributed by atoms with Crippen molar-refractivity contribution in [1.29, 1.82) is 0 Å². The average Bonchev–Trinajstić information content (AvgIpc) is 3.15. The number of nitrogens with zero attached hydrogens (tertiary/aromatic N) is 2. The smallest absolute Gasteiger partial charge is 0.339 e.